The number of amides is 3. The fraction of sp³-hybridized carbons (Fsp3) is 0.632. The van der Waals surface area contributed by atoms with Crippen LogP contribution in [0.25, 0.3) is 0 Å². The number of hydrogen-bond donors (Lipinski definition) is 4. The van der Waals surface area contributed by atoms with E-state index in [1.165, 1.54) is 0 Å². The molecule has 30 heavy (non-hydrogen) atoms. The number of hydrogen-bond acceptors (Lipinski definition) is 5. The van der Waals surface area contributed by atoms with E-state index in [-0.39, 0.29) is 39.9 Å². The van der Waals surface area contributed by atoms with E-state index < -0.39 is 23.9 Å². The second kappa shape index (κ2) is 8.82. The zero-order valence-electron chi connectivity index (χ0n) is 16.7. The van der Waals surface area contributed by atoms with Crippen LogP contribution in [0.3, 0.4) is 0 Å². The van der Waals surface area contributed by atoms with Crippen LogP contribution < -0.4 is 16.0 Å². The molecule has 4 N–H and O–H groups in total. The van der Waals surface area contributed by atoms with E-state index in [4.69, 9.17) is 23.2 Å². The summed E-state index contributed by atoms with van der Waals surface area (Å²) in [6.07, 6.45) is 3.22. The van der Waals surface area contributed by atoms with Crippen molar-refractivity contribution >= 4 is 40.9 Å². The van der Waals surface area contributed by atoms with Gasteiger partial charge in [-0.3, -0.25) is 14.4 Å². The van der Waals surface area contributed by atoms with E-state index in [0.29, 0.717) is 18.8 Å². The number of carbonyl (C=O) groups excluding carboxylic acids is 3. The summed E-state index contributed by atoms with van der Waals surface area (Å²) in [5.41, 5.74) is -0.333. The third kappa shape index (κ3) is 5.64. The topological polar surface area (TPSA) is 140 Å². The summed E-state index contributed by atoms with van der Waals surface area (Å²) < 4.78 is 0. The van der Waals surface area contributed by atoms with Crippen LogP contribution in [0, 0.1) is 23.2 Å². The molecule has 1 saturated carbocycles. The average Bonchev–Trinajstić information content (AvgIpc) is 3.36. The van der Waals surface area contributed by atoms with E-state index in [2.05, 4.69) is 25.9 Å². The molecule has 1 saturated heterocycles. The molecule has 1 aliphatic heterocycles. The number of carbonyl (C=O) groups is 3. The second-order valence-electron chi connectivity index (χ2n) is 8.60. The third-order valence-corrected chi connectivity index (χ3v) is 5.95. The highest BCUT2D eigenvalue weighted by molar-refractivity contribution is 6.40. The Labute approximate surface area is 184 Å². The summed E-state index contributed by atoms with van der Waals surface area (Å²) >= 11 is 11.6. The van der Waals surface area contributed by atoms with Crippen molar-refractivity contribution in [3.63, 3.8) is 0 Å². The first-order valence-electron chi connectivity index (χ1n) is 9.82. The highest BCUT2D eigenvalue weighted by Crippen LogP contribution is 2.34. The van der Waals surface area contributed by atoms with Gasteiger partial charge in [-0.15, -0.1) is 0 Å². The molecular weight excluding hydrogens is 431 g/mol. The highest BCUT2D eigenvalue weighted by Gasteiger charge is 2.39. The van der Waals surface area contributed by atoms with Crippen LogP contribution in [0.15, 0.2) is 0 Å². The summed E-state index contributed by atoms with van der Waals surface area (Å²) in [7, 11) is 0. The van der Waals surface area contributed by atoms with E-state index in [0.717, 1.165) is 12.8 Å². The Balaban J connectivity index is 1.63. The largest absolute Gasteiger partial charge is 0.351 e. The highest BCUT2D eigenvalue weighted by atomic mass is 35.5. The van der Waals surface area contributed by atoms with E-state index in [1.54, 1.807) is 0 Å². The average molecular weight is 455 g/mol. The molecule has 0 radical (unpaired) electrons. The van der Waals surface area contributed by atoms with Crippen molar-refractivity contribution in [1.29, 1.82) is 5.26 Å². The molecule has 1 aromatic heterocycles. The molecule has 1 aliphatic carbocycles. The SMILES string of the molecule is CC1(C)C[C@@H](C[C@@H](C#N)NC(=O)[C@H](CC2CC2)NC(=O)c2nc(Cl)c(Cl)[nH]2)C(=O)N1. The smallest absolute Gasteiger partial charge is 0.287 e. The van der Waals surface area contributed by atoms with Crippen molar-refractivity contribution in [3.05, 3.63) is 16.1 Å². The lowest BCUT2D eigenvalue weighted by Crippen LogP contribution is -2.50. The lowest BCUT2D eigenvalue weighted by atomic mass is 9.92. The van der Waals surface area contributed by atoms with Crippen molar-refractivity contribution in [3.8, 4) is 6.07 Å². The van der Waals surface area contributed by atoms with Gasteiger partial charge in [-0.05, 0) is 39.0 Å². The maximum Gasteiger partial charge on any atom is 0.287 e. The first-order valence-corrected chi connectivity index (χ1v) is 10.6. The van der Waals surface area contributed by atoms with Gasteiger partial charge in [-0.1, -0.05) is 36.0 Å². The molecule has 0 bridgehead atoms. The number of nitrogens with one attached hydrogen (secondary N) is 4. The zero-order valence-corrected chi connectivity index (χ0v) is 18.2. The normalized spacial score (nSPS) is 22.0. The quantitative estimate of drug-likeness (QED) is 0.474. The van der Waals surface area contributed by atoms with Crippen molar-refractivity contribution in [2.24, 2.45) is 11.8 Å². The Morgan fingerprint density at radius 1 is 1.30 bits per heavy atom. The molecule has 9 nitrogen and oxygen atoms in total. The van der Waals surface area contributed by atoms with Crippen LogP contribution >= 0.6 is 23.2 Å². The Bertz CT molecular complexity index is 870. The van der Waals surface area contributed by atoms with Gasteiger partial charge in [0.1, 0.15) is 17.2 Å². The van der Waals surface area contributed by atoms with Gasteiger partial charge in [-0.25, -0.2) is 4.98 Å². The maximum absolute atomic E-state index is 12.8. The van der Waals surface area contributed by atoms with Crippen LogP contribution in [0.4, 0.5) is 0 Å². The standard InChI is InChI=1S/C19H24Cl2N6O3/c1-19(2)7-10(16(28)27-19)6-11(8-22)23-17(29)12(5-9-3-4-9)24-18(30)15-25-13(20)14(21)26-15/h9-12H,3-7H2,1-2H3,(H,23,29)(H,24,30)(H,25,26)(H,27,28)/t10-,11+,12+/m1/s1. The molecule has 2 aliphatic rings. The van der Waals surface area contributed by atoms with Gasteiger partial charge < -0.3 is 20.9 Å². The minimum atomic E-state index is -0.840. The van der Waals surface area contributed by atoms with Gasteiger partial charge in [-0.2, -0.15) is 5.26 Å². The van der Waals surface area contributed by atoms with Crippen molar-refractivity contribution < 1.29 is 14.4 Å². The number of rotatable bonds is 8. The van der Waals surface area contributed by atoms with Crippen molar-refractivity contribution in [2.45, 2.75) is 63.6 Å². The molecule has 0 unspecified atom stereocenters. The summed E-state index contributed by atoms with van der Waals surface area (Å²) in [4.78, 5) is 43.8. The van der Waals surface area contributed by atoms with Gasteiger partial charge in [0.2, 0.25) is 11.8 Å². The van der Waals surface area contributed by atoms with E-state index in [1.807, 2.05) is 19.9 Å². The summed E-state index contributed by atoms with van der Waals surface area (Å²) in [5.74, 6) is -1.32. The minimum absolute atomic E-state index is 0.0346. The zero-order chi connectivity index (χ0) is 22.1. The number of imidazole rings is 1. The number of H-pyrrole nitrogens is 1. The van der Waals surface area contributed by atoms with Gasteiger partial charge >= 0.3 is 0 Å². The number of aromatic nitrogens is 2. The first-order chi connectivity index (χ1) is 14.1. The fourth-order valence-electron chi connectivity index (χ4n) is 3.67. The second-order valence-corrected chi connectivity index (χ2v) is 9.33. The van der Waals surface area contributed by atoms with Crippen molar-refractivity contribution in [1.82, 2.24) is 25.9 Å². The number of halogens is 2. The molecule has 3 atom stereocenters. The monoisotopic (exact) mass is 454 g/mol. The number of nitrogens with zero attached hydrogens (tertiary/aromatic N) is 2. The Morgan fingerprint density at radius 3 is 2.50 bits per heavy atom. The molecule has 0 spiro atoms. The van der Waals surface area contributed by atoms with E-state index in [9.17, 15) is 19.6 Å². The fourth-order valence-corrected chi connectivity index (χ4v) is 3.93. The van der Waals surface area contributed by atoms with Crippen LogP contribution in [0.5, 0.6) is 0 Å². The predicted octanol–water partition coefficient (Wildman–Crippen LogP) is 1.93. The third-order valence-electron chi connectivity index (χ3n) is 5.30. The van der Waals surface area contributed by atoms with Gasteiger partial charge in [0.25, 0.3) is 5.91 Å². The van der Waals surface area contributed by atoms with Crippen LogP contribution in [0.1, 0.15) is 56.6 Å². The number of aromatic amines is 1. The van der Waals surface area contributed by atoms with Gasteiger partial charge in [0.05, 0.1) is 6.07 Å². The molecule has 162 valence electrons. The van der Waals surface area contributed by atoms with Gasteiger partial charge in [0.15, 0.2) is 11.0 Å². The molecule has 3 amide bonds. The maximum atomic E-state index is 12.8. The molecule has 1 aromatic rings. The van der Waals surface area contributed by atoms with Crippen molar-refractivity contribution in [2.75, 3.05) is 0 Å². The lowest BCUT2D eigenvalue weighted by Gasteiger charge is -2.21. The van der Waals surface area contributed by atoms with Gasteiger partial charge in [0, 0.05) is 11.5 Å². The molecule has 0 aromatic carbocycles. The van der Waals surface area contributed by atoms with Crippen LogP contribution in [0.2, 0.25) is 10.3 Å². The number of nitriles is 1. The summed E-state index contributed by atoms with van der Waals surface area (Å²) in [5, 5.41) is 17.7. The predicted molar refractivity (Wildman–Crippen MR) is 110 cm³/mol. The summed E-state index contributed by atoms with van der Waals surface area (Å²) in [6, 6.07) is 0.374. The minimum Gasteiger partial charge on any atom is -0.351 e. The van der Waals surface area contributed by atoms with E-state index >= 15 is 0 Å². The molecule has 11 heteroatoms. The molecule has 3 rings (SSSR count). The van der Waals surface area contributed by atoms with Crippen LogP contribution in [-0.2, 0) is 9.59 Å². The Morgan fingerprint density at radius 2 is 2.00 bits per heavy atom. The molecule has 2 heterocycles. The lowest BCUT2D eigenvalue weighted by molar-refractivity contribution is -0.125. The summed E-state index contributed by atoms with van der Waals surface area (Å²) in [6.45, 7) is 3.83. The Hall–Kier alpha value is -2.31. The first kappa shape index (κ1) is 22.4. The molecule has 2 fully saturated rings. The van der Waals surface area contributed by atoms with Crippen LogP contribution in [-0.4, -0.2) is 45.3 Å². The Kier molecular flexibility index (Phi) is 6.58. The molecular formula is C19H24Cl2N6O3.